The van der Waals surface area contributed by atoms with Crippen LogP contribution in [0.25, 0.3) is 10.4 Å². The van der Waals surface area contributed by atoms with Gasteiger partial charge in [0.2, 0.25) is 0 Å². The number of ether oxygens (including phenoxy) is 3. The van der Waals surface area contributed by atoms with Crippen molar-refractivity contribution < 1.29 is 23.4 Å². The number of amidine groups is 1. The van der Waals surface area contributed by atoms with Crippen molar-refractivity contribution in [1.29, 1.82) is 0 Å². The molecule has 1 aliphatic rings. The van der Waals surface area contributed by atoms with Gasteiger partial charge in [-0.1, -0.05) is 28.8 Å². The Morgan fingerprint density at radius 2 is 2.05 bits per heavy atom. The number of nitrogens with one attached hydrogen (secondary N) is 2. The van der Waals surface area contributed by atoms with Crippen molar-refractivity contribution in [3.05, 3.63) is 86.4 Å². The average molecular weight is 532 g/mol. The fourth-order valence-corrected chi connectivity index (χ4v) is 3.77. The van der Waals surface area contributed by atoms with Crippen molar-refractivity contribution >= 4 is 23.4 Å². The molecule has 11 nitrogen and oxygen atoms in total. The summed E-state index contributed by atoms with van der Waals surface area (Å²) in [6.45, 7) is 2.51. The Balaban J connectivity index is 1.72. The maximum Gasteiger partial charge on any atom is 0.338 e. The first-order chi connectivity index (χ1) is 18.0. The summed E-state index contributed by atoms with van der Waals surface area (Å²) in [5.41, 5.74) is 10.0. The summed E-state index contributed by atoms with van der Waals surface area (Å²) < 4.78 is 29.6. The van der Waals surface area contributed by atoms with Gasteiger partial charge < -0.3 is 24.8 Å². The first-order valence-corrected chi connectivity index (χ1v) is 11.8. The van der Waals surface area contributed by atoms with E-state index < -0.39 is 17.8 Å². The maximum absolute atomic E-state index is 13.7. The number of nitrogens with zero attached hydrogens (tertiary/aromatic N) is 5. The van der Waals surface area contributed by atoms with E-state index in [0.717, 1.165) is 0 Å². The van der Waals surface area contributed by atoms with Gasteiger partial charge in [0, 0.05) is 47.0 Å². The standard InChI is InChI=1S/C24H27ClFN7O4/c1-35-24(34)21-20(15-28-8-10-36-12-13-37-11-9-30-33-27)31-23(19-4-2-3-7-29-19)32-22(21)17-6-5-16(26)14-18(17)25/h2-7,14,22,28H,8-13,15H2,1H3,(H,31,32). The Labute approximate surface area is 218 Å². The van der Waals surface area contributed by atoms with Gasteiger partial charge in [-0.05, 0) is 29.8 Å². The summed E-state index contributed by atoms with van der Waals surface area (Å²) in [7, 11) is 1.28. The smallest absolute Gasteiger partial charge is 0.338 e. The number of hydrogen-bond donors (Lipinski definition) is 2. The monoisotopic (exact) mass is 531 g/mol. The highest BCUT2D eigenvalue weighted by Gasteiger charge is 2.33. The van der Waals surface area contributed by atoms with Gasteiger partial charge in [-0.3, -0.25) is 9.98 Å². The lowest BCUT2D eigenvalue weighted by atomic mass is 9.95. The van der Waals surface area contributed by atoms with Crippen molar-refractivity contribution in [2.24, 2.45) is 10.1 Å². The number of pyridine rings is 1. The molecule has 3 rings (SSSR count). The molecule has 0 spiro atoms. The number of carbonyl (C=O) groups excluding carboxylic acids is 1. The Hall–Kier alpha value is -3.54. The lowest BCUT2D eigenvalue weighted by molar-refractivity contribution is -0.136. The van der Waals surface area contributed by atoms with E-state index in [-0.39, 0.29) is 23.7 Å². The Morgan fingerprint density at radius 3 is 2.76 bits per heavy atom. The summed E-state index contributed by atoms with van der Waals surface area (Å²) >= 11 is 6.36. The minimum Gasteiger partial charge on any atom is -0.466 e. The predicted molar refractivity (Wildman–Crippen MR) is 136 cm³/mol. The van der Waals surface area contributed by atoms with E-state index in [9.17, 15) is 9.18 Å². The van der Waals surface area contributed by atoms with Crippen LogP contribution in [0.3, 0.4) is 0 Å². The van der Waals surface area contributed by atoms with Crippen LogP contribution in [0, 0.1) is 5.82 Å². The zero-order valence-electron chi connectivity index (χ0n) is 20.2. The fraction of sp³-hybridized carbons (Fsp3) is 0.375. The van der Waals surface area contributed by atoms with Gasteiger partial charge in [-0.2, -0.15) is 0 Å². The molecule has 0 amide bonds. The molecule has 1 aliphatic heterocycles. The van der Waals surface area contributed by atoms with Gasteiger partial charge in [-0.25, -0.2) is 9.18 Å². The third-order valence-electron chi connectivity index (χ3n) is 5.19. The second kappa shape index (κ2) is 14.9. The number of esters is 1. The molecule has 1 unspecified atom stereocenters. The number of methoxy groups -OCH3 is 1. The van der Waals surface area contributed by atoms with Crippen LogP contribution < -0.4 is 10.6 Å². The van der Waals surface area contributed by atoms with E-state index in [4.69, 9.17) is 36.3 Å². The van der Waals surface area contributed by atoms with E-state index in [2.05, 4.69) is 25.6 Å². The molecule has 1 aromatic heterocycles. The molecule has 0 saturated heterocycles. The quantitative estimate of drug-likeness (QED) is 0.125. The Morgan fingerprint density at radius 1 is 1.24 bits per heavy atom. The van der Waals surface area contributed by atoms with E-state index in [1.165, 1.54) is 25.3 Å². The zero-order chi connectivity index (χ0) is 26.5. The van der Waals surface area contributed by atoms with Crippen LogP contribution in [0.15, 0.2) is 64.0 Å². The summed E-state index contributed by atoms with van der Waals surface area (Å²) in [6.07, 6.45) is 1.63. The molecule has 2 heterocycles. The molecule has 0 saturated carbocycles. The number of azide groups is 1. The number of benzene rings is 1. The number of aliphatic imine (C=N–C) groups is 1. The average Bonchev–Trinajstić information content (AvgIpc) is 2.91. The Bertz CT molecular complexity index is 1170. The molecule has 0 bridgehead atoms. The van der Waals surface area contributed by atoms with Crippen molar-refractivity contribution in [1.82, 2.24) is 15.6 Å². The number of halogens is 2. The molecule has 1 aromatic carbocycles. The first-order valence-electron chi connectivity index (χ1n) is 11.4. The summed E-state index contributed by atoms with van der Waals surface area (Å²) in [5, 5.41) is 9.95. The molecule has 2 N–H and O–H groups in total. The van der Waals surface area contributed by atoms with Crippen LogP contribution in [-0.4, -0.2) is 70.0 Å². The topological polar surface area (TPSA) is 143 Å². The lowest BCUT2D eigenvalue weighted by Crippen LogP contribution is -2.39. The van der Waals surface area contributed by atoms with Gasteiger partial charge in [-0.15, -0.1) is 0 Å². The third kappa shape index (κ3) is 8.24. The van der Waals surface area contributed by atoms with Gasteiger partial charge in [0.1, 0.15) is 17.6 Å². The SMILES string of the molecule is COC(=O)C1=C(CNCCOCCOCCN=[N+]=[N-])NC(c2ccccn2)=NC1c1ccc(F)cc1Cl. The molecule has 196 valence electrons. The van der Waals surface area contributed by atoms with Crippen molar-refractivity contribution in [3.63, 3.8) is 0 Å². The number of aromatic nitrogens is 1. The Kier molecular flexibility index (Phi) is 11.3. The van der Waals surface area contributed by atoms with E-state index in [1.54, 1.807) is 18.3 Å². The fourth-order valence-electron chi connectivity index (χ4n) is 3.50. The molecule has 13 heteroatoms. The van der Waals surface area contributed by atoms with Crippen LogP contribution in [0.2, 0.25) is 5.02 Å². The number of rotatable bonds is 14. The largest absolute Gasteiger partial charge is 0.466 e. The van der Waals surface area contributed by atoms with Crippen LogP contribution in [0.5, 0.6) is 0 Å². The molecule has 0 fully saturated rings. The lowest BCUT2D eigenvalue weighted by Gasteiger charge is -2.28. The van der Waals surface area contributed by atoms with Gasteiger partial charge in [0.15, 0.2) is 5.84 Å². The highest BCUT2D eigenvalue weighted by Crippen LogP contribution is 2.36. The molecular formula is C24H27ClFN7O4. The second-order valence-electron chi connectivity index (χ2n) is 7.63. The highest BCUT2D eigenvalue weighted by atomic mass is 35.5. The normalized spacial score (nSPS) is 15.0. The second-order valence-corrected chi connectivity index (χ2v) is 8.03. The van der Waals surface area contributed by atoms with Crippen molar-refractivity contribution in [3.8, 4) is 0 Å². The molecule has 2 aromatic rings. The van der Waals surface area contributed by atoms with Crippen LogP contribution in [0.1, 0.15) is 17.3 Å². The molecule has 37 heavy (non-hydrogen) atoms. The summed E-state index contributed by atoms with van der Waals surface area (Å²) in [6, 6.07) is 8.50. The van der Waals surface area contributed by atoms with E-state index in [0.29, 0.717) is 55.8 Å². The minimum absolute atomic E-state index is 0.139. The number of carbonyl (C=O) groups is 1. The maximum atomic E-state index is 13.7. The molecular weight excluding hydrogens is 505 g/mol. The van der Waals surface area contributed by atoms with E-state index in [1.807, 2.05) is 6.07 Å². The van der Waals surface area contributed by atoms with Crippen LogP contribution >= 0.6 is 11.6 Å². The highest BCUT2D eigenvalue weighted by molar-refractivity contribution is 6.31. The summed E-state index contributed by atoms with van der Waals surface area (Å²) in [5.74, 6) is -0.652. The van der Waals surface area contributed by atoms with Crippen LogP contribution in [0.4, 0.5) is 4.39 Å². The third-order valence-corrected chi connectivity index (χ3v) is 5.52. The zero-order valence-corrected chi connectivity index (χ0v) is 20.9. The summed E-state index contributed by atoms with van der Waals surface area (Å²) in [4.78, 5) is 24.6. The van der Waals surface area contributed by atoms with Crippen molar-refractivity contribution in [2.45, 2.75) is 6.04 Å². The minimum atomic E-state index is -0.839. The van der Waals surface area contributed by atoms with E-state index >= 15 is 0 Å². The van der Waals surface area contributed by atoms with Crippen LogP contribution in [-0.2, 0) is 19.0 Å². The first kappa shape index (κ1) is 28.0. The van der Waals surface area contributed by atoms with Gasteiger partial charge in [0.05, 0.1) is 39.1 Å². The molecule has 0 aliphatic carbocycles. The molecule has 0 radical (unpaired) electrons. The van der Waals surface area contributed by atoms with Crippen molar-refractivity contribution in [2.75, 3.05) is 53.2 Å². The predicted octanol–water partition coefficient (Wildman–Crippen LogP) is 3.33. The number of hydrogen-bond acceptors (Lipinski definition) is 9. The van der Waals surface area contributed by atoms with Gasteiger partial charge in [0.25, 0.3) is 0 Å². The van der Waals surface area contributed by atoms with Gasteiger partial charge >= 0.3 is 5.97 Å². The molecule has 1 atom stereocenters.